The summed E-state index contributed by atoms with van der Waals surface area (Å²) in [5.74, 6) is 0.434. The molecule has 1 aliphatic rings. The van der Waals surface area contributed by atoms with Crippen molar-refractivity contribution in [1.29, 1.82) is 0 Å². The van der Waals surface area contributed by atoms with Gasteiger partial charge in [0, 0.05) is 21.5 Å². The Labute approximate surface area is 141 Å². The molecule has 1 aliphatic carbocycles. The molecule has 0 unspecified atom stereocenters. The van der Waals surface area contributed by atoms with Crippen LogP contribution in [0.1, 0.15) is 29.9 Å². The van der Waals surface area contributed by atoms with Crippen LogP contribution in [-0.4, -0.2) is 6.04 Å². The molecule has 2 aromatic rings. The van der Waals surface area contributed by atoms with Gasteiger partial charge in [-0.05, 0) is 54.2 Å². The van der Waals surface area contributed by atoms with Gasteiger partial charge in [-0.25, -0.2) is 4.39 Å². The summed E-state index contributed by atoms with van der Waals surface area (Å²) in [6, 6.07) is 13.7. The molecule has 3 rings (SSSR count). The van der Waals surface area contributed by atoms with E-state index in [1.165, 1.54) is 16.1 Å². The number of halogens is 3. The first kappa shape index (κ1) is 15.2. The molecule has 1 nitrogen and oxygen atoms in total. The zero-order chi connectivity index (χ0) is 14.8. The summed E-state index contributed by atoms with van der Waals surface area (Å²) in [6.07, 6.45) is 2.27. The van der Waals surface area contributed by atoms with Gasteiger partial charge in [0.25, 0.3) is 0 Å². The minimum Gasteiger partial charge on any atom is -0.310 e. The summed E-state index contributed by atoms with van der Waals surface area (Å²) in [6.45, 7) is 0.700. The predicted molar refractivity (Wildman–Crippen MR) is 90.8 cm³/mol. The summed E-state index contributed by atoms with van der Waals surface area (Å²) in [4.78, 5) is 0. The van der Waals surface area contributed by atoms with E-state index in [-0.39, 0.29) is 5.82 Å². The minimum absolute atomic E-state index is 0.185. The molecule has 2 aromatic carbocycles. The second-order valence-corrected chi connectivity index (χ2v) is 7.21. The molecule has 0 heterocycles. The third-order valence-electron chi connectivity index (χ3n) is 4.07. The van der Waals surface area contributed by atoms with Crippen LogP contribution in [-0.2, 0) is 6.54 Å². The Morgan fingerprint density at radius 3 is 2.57 bits per heavy atom. The van der Waals surface area contributed by atoms with Gasteiger partial charge in [-0.15, -0.1) is 0 Å². The van der Waals surface area contributed by atoms with E-state index in [1.807, 2.05) is 6.07 Å². The van der Waals surface area contributed by atoms with Crippen molar-refractivity contribution >= 4 is 31.9 Å². The van der Waals surface area contributed by atoms with Crippen molar-refractivity contribution in [3.05, 3.63) is 68.4 Å². The molecule has 0 aliphatic heterocycles. The third kappa shape index (κ3) is 3.55. The Morgan fingerprint density at radius 1 is 1.05 bits per heavy atom. The molecule has 4 heteroatoms. The lowest BCUT2D eigenvalue weighted by Crippen LogP contribution is -2.39. The van der Waals surface area contributed by atoms with E-state index in [4.69, 9.17) is 0 Å². The number of hydrogen-bond donors (Lipinski definition) is 1. The summed E-state index contributed by atoms with van der Waals surface area (Å²) < 4.78 is 15.4. The Kier molecular flexibility index (Phi) is 4.77. The van der Waals surface area contributed by atoms with E-state index in [9.17, 15) is 4.39 Å². The predicted octanol–water partition coefficient (Wildman–Crippen LogP) is 5.39. The molecule has 0 amide bonds. The van der Waals surface area contributed by atoms with Gasteiger partial charge in [-0.3, -0.25) is 0 Å². The smallest absolute Gasteiger partial charge is 0.123 e. The fourth-order valence-corrected chi connectivity index (χ4v) is 3.77. The second-order valence-electron chi connectivity index (χ2n) is 5.50. The van der Waals surface area contributed by atoms with Gasteiger partial charge in [0.05, 0.1) is 0 Å². The van der Waals surface area contributed by atoms with Crippen LogP contribution >= 0.6 is 31.9 Å². The average molecular weight is 413 g/mol. The molecule has 0 aromatic heterocycles. The molecule has 0 spiro atoms. The molecule has 1 saturated carbocycles. The maximum Gasteiger partial charge on any atom is 0.123 e. The van der Waals surface area contributed by atoms with Gasteiger partial charge in [-0.1, -0.05) is 50.1 Å². The Balaban J connectivity index is 1.54. The first-order valence-corrected chi connectivity index (χ1v) is 8.64. The number of benzene rings is 2. The zero-order valence-electron chi connectivity index (χ0n) is 11.5. The highest BCUT2D eigenvalue weighted by atomic mass is 79.9. The van der Waals surface area contributed by atoms with E-state index >= 15 is 0 Å². The van der Waals surface area contributed by atoms with E-state index < -0.39 is 0 Å². The van der Waals surface area contributed by atoms with Crippen molar-refractivity contribution < 1.29 is 4.39 Å². The van der Waals surface area contributed by atoms with Crippen LogP contribution in [0.5, 0.6) is 0 Å². The van der Waals surface area contributed by atoms with E-state index in [0.29, 0.717) is 18.5 Å². The molecule has 21 heavy (non-hydrogen) atoms. The van der Waals surface area contributed by atoms with Crippen LogP contribution in [0.25, 0.3) is 0 Å². The van der Waals surface area contributed by atoms with Crippen molar-refractivity contribution in [2.45, 2.75) is 31.3 Å². The fraction of sp³-hybridized carbons (Fsp3) is 0.294. The summed E-state index contributed by atoms with van der Waals surface area (Å²) in [5.41, 5.74) is 2.36. The van der Waals surface area contributed by atoms with Crippen molar-refractivity contribution in [1.82, 2.24) is 5.32 Å². The molecule has 0 bridgehead atoms. The van der Waals surface area contributed by atoms with Crippen LogP contribution in [0.3, 0.4) is 0 Å². The largest absolute Gasteiger partial charge is 0.310 e. The SMILES string of the molecule is Fc1ccc(Br)c(CNC2CC(c3ccccc3Br)C2)c1. The van der Waals surface area contributed by atoms with Crippen LogP contribution in [0.15, 0.2) is 51.4 Å². The van der Waals surface area contributed by atoms with Gasteiger partial charge >= 0.3 is 0 Å². The van der Waals surface area contributed by atoms with Crippen molar-refractivity contribution in [2.75, 3.05) is 0 Å². The van der Waals surface area contributed by atoms with E-state index in [0.717, 1.165) is 22.9 Å². The maximum absolute atomic E-state index is 13.2. The lowest BCUT2D eigenvalue weighted by Gasteiger charge is -2.37. The second kappa shape index (κ2) is 6.59. The molecule has 0 saturated heterocycles. The molecule has 0 atom stereocenters. The molecule has 1 N–H and O–H groups in total. The zero-order valence-corrected chi connectivity index (χ0v) is 14.6. The molecular formula is C17H16Br2FN. The van der Waals surface area contributed by atoms with Gasteiger partial charge in [-0.2, -0.15) is 0 Å². The minimum atomic E-state index is -0.185. The summed E-state index contributed by atoms with van der Waals surface area (Å²) >= 11 is 7.08. The Morgan fingerprint density at radius 2 is 1.81 bits per heavy atom. The van der Waals surface area contributed by atoms with Crippen molar-refractivity contribution in [3.8, 4) is 0 Å². The first-order chi connectivity index (χ1) is 10.1. The molecule has 1 fully saturated rings. The fourth-order valence-electron chi connectivity index (χ4n) is 2.78. The Bertz CT molecular complexity index is 638. The molecule has 0 radical (unpaired) electrons. The normalized spacial score (nSPS) is 21.1. The van der Waals surface area contributed by atoms with Crippen LogP contribution in [0.2, 0.25) is 0 Å². The standard InChI is InChI=1S/C17H16Br2FN/c18-16-6-5-13(20)7-12(16)10-21-14-8-11(9-14)15-3-1-2-4-17(15)19/h1-7,11,14,21H,8-10H2. The van der Waals surface area contributed by atoms with Gasteiger partial charge in [0.1, 0.15) is 5.82 Å². The quantitative estimate of drug-likeness (QED) is 0.710. The number of rotatable bonds is 4. The van der Waals surface area contributed by atoms with Gasteiger partial charge in [0.2, 0.25) is 0 Å². The number of hydrogen-bond acceptors (Lipinski definition) is 1. The highest BCUT2D eigenvalue weighted by Crippen LogP contribution is 2.40. The third-order valence-corrected chi connectivity index (χ3v) is 5.57. The van der Waals surface area contributed by atoms with Crippen molar-refractivity contribution in [3.63, 3.8) is 0 Å². The average Bonchev–Trinajstić information content (AvgIpc) is 2.42. The highest BCUT2D eigenvalue weighted by molar-refractivity contribution is 9.10. The van der Waals surface area contributed by atoms with E-state index in [1.54, 1.807) is 12.1 Å². The van der Waals surface area contributed by atoms with Gasteiger partial charge < -0.3 is 5.32 Å². The maximum atomic E-state index is 13.2. The van der Waals surface area contributed by atoms with E-state index in [2.05, 4.69) is 55.4 Å². The van der Waals surface area contributed by atoms with Gasteiger partial charge in [0.15, 0.2) is 0 Å². The summed E-state index contributed by atoms with van der Waals surface area (Å²) in [5, 5.41) is 3.51. The van der Waals surface area contributed by atoms with Crippen molar-refractivity contribution in [2.24, 2.45) is 0 Å². The van der Waals surface area contributed by atoms with Crippen LogP contribution in [0.4, 0.5) is 4.39 Å². The number of nitrogens with one attached hydrogen (secondary N) is 1. The van der Waals surface area contributed by atoms with Crippen LogP contribution < -0.4 is 5.32 Å². The molecule has 110 valence electrons. The Hall–Kier alpha value is -0.710. The lowest BCUT2D eigenvalue weighted by atomic mass is 9.76. The first-order valence-electron chi connectivity index (χ1n) is 7.05. The highest BCUT2D eigenvalue weighted by Gasteiger charge is 2.30. The molecular weight excluding hydrogens is 397 g/mol. The summed E-state index contributed by atoms with van der Waals surface area (Å²) in [7, 11) is 0. The lowest BCUT2D eigenvalue weighted by molar-refractivity contribution is 0.288. The topological polar surface area (TPSA) is 12.0 Å². The monoisotopic (exact) mass is 411 g/mol. The van der Waals surface area contributed by atoms with Crippen LogP contribution in [0, 0.1) is 5.82 Å².